The largest absolute Gasteiger partial charge is 0.328 e. The van der Waals surface area contributed by atoms with E-state index in [1.54, 1.807) is 0 Å². The third-order valence-electron chi connectivity index (χ3n) is 3.90. The molecule has 2 rings (SSSR count). The van der Waals surface area contributed by atoms with Crippen molar-refractivity contribution in [3.05, 3.63) is 0 Å². The molecule has 2 heteroatoms. The van der Waals surface area contributed by atoms with Gasteiger partial charge in [0.15, 0.2) is 0 Å². The van der Waals surface area contributed by atoms with Crippen molar-refractivity contribution in [1.29, 1.82) is 0 Å². The van der Waals surface area contributed by atoms with Gasteiger partial charge in [0.25, 0.3) is 0 Å². The summed E-state index contributed by atoms with van der Waals surface area (Å²) in [5.41, 5.74) is 5.86. The zero-order chi connectivity index (χ0) is 9.42. The molecule has 2 saturated heterocycles. The van der Waals surface area contributed by atoms with Crippen molar-refractivity contribution in [2.45, 2.75) is 57.2 Å². The van der Waals surface area contributed by atoms with Crippen LogP contribution in [0.25, 0.3) is 0 Å². The second kappa shape index (κ2) is 3.58. The first kappa shape index (κ1) is 9.47. The molecule has 0 spiro atoms. The van der Waals surface area contributed by atoms with Gasteiger partial charge >= 0.3 is 0 Å². The van der Waals surface area contributed by atoms with Crippen LogP contribution in [0.1, 0.15) is 39.0 Å². The minimum absolute atomic E-state index is 0.396. The smallest absolute Gasteiger partial charge is 0.00983 e. The molecule has 0 radical (unpaired) electrons. The van der Waals surface area contributed by atoms with Gasteiger partial charge in [-0.15, -0.1) is 0 Å². The number of nitrogens with two attached hydrogens (primary N) is 1. The summed E-state index contributed by atoms with van der Waals surface area (Å²) in [6, 6.07) is 2.15. The molecular formula is C11H22N2. The predicted molar refractivity (Wildman–Crippen MR) is 55.6 cm³/mol. The van der Waals surface area contributed by atoms with Crippen LogP contribution in [0.3, 0.4) is 0 Å². The van der Waals surface area contributed by atoms with E-state index in [1.165, 1.54) is 32.1 Å². The van der Waals surface area contributed by atoms with Gasteiger partial charge in [0.05, 0.1) is 0 Å². The first-order valence-electron chi connectivity index (χ1n) is 5.64. The lowest BCUT2D eigenvalue weighted by Gasteiger charge is -2.36. The van der Waals surface area contributed by atoms with Crippen LogP contribution in [0, 0.1) is 5.92 Å². The van der Waals surface area contributed by atoms with Gasteiger partial charge in [0, 0.05) is 18.1 Å². The van der Waals surface area contributed by atoms with Gasteiger partial charge in [0.1, 0.15) is 0 Å². The molecule has 2 bridgehead atoms. The maximum atomic E-state index is 5.86. The minimum Gasteiger partial charge on any atom is -0.328 e. The quantitative estimate of drug-likeness (QED) is 0.703. The number of fused-ring (bicyclic) bond motifs is 2. The Kier molecular flexibility index (Phi) is 2.61. The monoisotopic (exact) mass is 182 g/mol. The summed E-state index contributed by atoms with van der Waals surface area (Å²) >= 11 is 0. The molecule has 76 valence electrons. The molecule has 0 amide bonds. The fourth-order valence-electron chi connectivity index (χ4n) is 3.24. The summed E-state index contributed by atoms with van der Waals surface area (Å²) in [7, 11) is 2.30. The van der Waals surface area contributed by atoms with Gasteiger partial charge in [-0.05, 0) is 52.0 Å². The van der Waals surface area contributed by atoms with E-state index < -0.39 is 0 Å². The Morgan fingerprint density at radius 3 is 2.31 bits per heavy atom. The Labute approximate surface area is 81.5 Å². The molecule has 3 atom stereocenters. The van der Waals surface area contributed by atoms with Crippen molar-refractivity contribution in [1.82, 2.24) is 4.90 Å². The molecule has 13 heavy (non-hydrogen) atoms. The van der Waals surface area contributed by atoms with Crippen LogP contribution in [0.15, 0.2) is 0 Å². The number of hydrogen-bond donors (Lipinski definition) is 1. The SMILES string of the molecule is CC(N)CC1CC2CCC(C1)N2C. The van der Waals surface area contributed by atoms with E-state index in [4.69, 9.17) is 5.73 Å². The highest BCUT2D eigenvalue weighted by Gasteiger charge is 2.38. The zero-order valence-electron chi connectivity index (χ0n) is 8.87. The van der Waals surface area contributed by atoms with Crippen LogP contribution in [-0.2, 0) is 0 Å². The van der Waals surface area contributed by atoms with Gasteiger partial charge in [-0.2, -0.15) is 0 Å². The average molecular weight is 182 g/mol. The normalized spacial score (nSPS) is 42.2. The maximum absolute atomic E-state index is 5.86. The Bertz CT molecular complexity index is 165. The van der Waals surface area contributed by atoms with E-state index in [-0.39, 0.29) is 0 Å². The molecule has 2 N–H and O–H groups in total. The van der Waals surface area contributed by atoms with Gasteiger partial charge in [-0.25, -0.2) is 0 Å². The second-order valence-electron chi connectivity index (χ2n) is 5.10. The molecule has 3 unspecified atom stereocenters. The highest BCUT2D eigenvalue weighted by Crippen LogP contribution is 2.38. The molecule has 0 aliphatic carbocycles. The molecule has 2 heterocycles. The van der Waals surface area contributed by atoms with Crippen LogP contribution in [-0.4, -0.2) is 30.1 Å². The molecule has 0 aromatic carbocycles. The fourth-order valence-corrected chi connectivity index (χ4v) is 3.24. The third-order valence-corrected chi connectivity index (χ3v) is 3.90. The van der Waals surface area contributed by atoms with Gasteiger partial charge in [0.2, 0.25) is 0 Å². The van der Waals surface area contributed by atoms with Gasteiger partial charge in [-0.3, -0.25) is 0 Å². The van der Waals surface area contributed by atoms with Crippen molar-refractivity contribution >= 4 is 0 Å². The summed E-state index contributed by atoms with van der Waals surface area (Å²) in [5.74, 6) is 0.911. The van der Waals surface area contributed by atoms with Gasteiger partial charge < -0.3 is 10.6 Å². The Morgan fingerprint density at radius 2 is 1.85 bits per heavy atom. The first-order valence-corrected chi connectivity index (χ1v) is 5.64. The van der Waals surface area contributed by atoms with Crippen LogP contribution in [0.4, 0.5) is 0 Å². The zero-order valence-corrected chi connectivity index (χ0v) is 8.87. The fraction of sp³-hybridized carbons (Fsp3) is 1.00. The minimum atomic E-state index is 0.396. The number of nitrogens with zero attached hydrogens (tertiary/aromatic N) is 1. The summed E-state index contributed by atoms with van der Waals surface area (Å²) < 4.78 is 0. The lowest BCUT2D eigenvalue weighted by Crippen LogP contribution is -2.41. The van der Waals surface area contributed by atoms with Crippen molar-refractivity contribution < 1.29 is 0 Å². The Morgan fingerprint density at radius 1 is 1.31 bits per heavy atom. The van der Waals surface area contributed by atoms with Crippen molar-refractivity contribution in [2.75, 3.05) is 7.05 Å². The maximum Gasteiger partial charge on any atom is 0.00983 e. The molecule has 0 aromatic rings. The number of hydrogen-bond acceptors (Lipinski definition) is 2. The highest BCUT2D eigenvalue weighted by atomic mass is 15.2. The average Bonchev–Trinajstić information content (AvgIpc) is 2.33. The first-order chi connectivity index (χ1) is 6.16. The van der Waals surface area contributed by atoms with E-state index in [9.17, 15) is 0 Å². The van der Waals surface area contributed by atoms with E-state index >= 15 is 0 Å². The standard InChI is InChI=1S/C11H22N2/c1-8(12)5-9-6-10-3-4-11(7-9)13(10)2/h8-11H,3-7,12H2,1-2H3. The molecule has 2 aliphatic rings. The van der Waals surface area contributed by atoms with Crippen LogP contribution in [0.2, 0.25) is 0 Å². The van der Waals surface area contributed by atoms with E-state index in [0.717, 1.165) is 18.0 Å². The Hall–Kier alpha value is -0.0800. The Balaban J connectivity index is 1.91. The van der Waals surface area contributed by atoms with Crippen molar-refractivity contribution in [3.63, 3.8) is 0 Å². The predicted octanol–water partition coefficient (Wildman–Crippen LogP) is 1.60. The van der Waals surface area contributed by atoms with Crippen molar-refractivity contribution in [3.8, 4) is 0 Å². The van der Waals surface area contributed by atoms with E-state index in [1.807, 2.05) is 0 Å². The lowest BCUT2D eigenvalue weighted by atomic mass is 9.86. The summed E-state index contributed by atoms with van der Waals surface area (Å²) in [5, 5.41) is 0. The van der Waals surface area contributed by atoms with Crippen molar-refractivity contribution in [2.24, 2.45) is 11.7 Å². The van der Waals surface area contributed by atoms with Crippen LogP contribution >= 0.6 is 0 Å². The summed E-state index contributed by atoms with van der Waals surface area (Å²) in [6.45, 7) is 2.14. The topological polar surface area (TPSA) is 29.3 Å². The van der Waals surface area contributed by atoms with Gasteiger partial charge in [-0.1, -0.05) is 0 Å². The van der Waals surface area contributed by atoms with E-state index in [2.05, 4.69) is 18.9 Å². The molecule has 0 aromatic heterocycles. The molecule has 2 fully saturated rings. The summed E-state index contributed by atoms with van der Waals surface area (Å²) in [4.78, 5) is 2.59. The summed E-state index contributed by atoms with van der Waals surface area (Å²) in [6.07, 6.45) is 6.89. The number of piperidine rings is 1. The number of rotatable bonds is 2. The third kappa shape index (κ3) is 1.89. The molecule has 2 nitrogen and oxygen atoms in total. The second-order valence-corrected chi connectivity index (χ2v) is 5.10. The molecule has 0 saturated carbocycles. The van der Waals surface area contributed by atoms with Crippen LogP contribution < -0.4 is 5.73 Å². The lowest BCUT2D eigenvalue weighted by molar-refractivity contribution is 0.127. The highest BCUT2D eigenvalue weighted by molar-refractivity contribution is 4.93. The van der Waals surface area contributed by atoms with Crippen LogP contribution in [0.5, 0.6) is 0 Å². The molecule has 2 aliphatic heterocycles. The van der Waals surface area contributed by atoms with E-state index in [0.29, 0.717) is 6.04 Å². The molecular weight excluding hydrogens is 160 g/mol.